The first-order valence-electron chi connectivity index (χ1n) is 6.37. The van der Waals surface area contributed by atoms with Crippen LogP contribution in [0.4, 0.5) is 0 Å². The molecule has 0 bridgehead atoms. The van der Waals surface area contributed by atoms with Gasteiger partial charge in [0.05, 0.1) is 5.02 Å². The Kier molecular flexibility index (Phi) is 7.37. The van der Waals surface area contributed by atoms with Crippen LogP contribution in [0.15, 0.2) is 12.1 Å². The van der Waals surface area contributed by atoms with Crippen LogP contribution in [0.3, 0.4) is 0 Å². The van der Waals surface area contributed by atoms with Crippen LogP contribution >= 0.6 is 35.6 Å². The predicted molar refractivity (Wildman–Crippen MR) is 84.3 cm³/mol. The maximum atomic E-state index is 10.1. The summed E-state index contributed by atoms with van der Waals surface area (Å²) in [5.74, 6) is 0.0921. The van der Waals surface area contributed by atoms with E-state index in [-0.39, 0.29) is 30.8 Å². The lowest BCUT2D eigenvalue weighted by Crippen LogP contribution is -2.45. The summed E-state index contributed by atoms with van der Waals surface area (Å²) in [5.41, 5.74) is 0.655. The first kappa shape index (κ1) is 17.8. The summed E-state index contributed by atoms with van der Waals surface area (Å²) < 4.78 is 0. The summed E-state index contributed by atoms with van der Waals surface area (Å²) in [6, 6.07) is 3.04. The molecule has 1 saturated heterocycles. The van der Waals surface area contributed by atoms with E-state index in [1.54, 1.807) is 6.07 Å². The minimum absolute atomic E-state index is 0. The van der Waals surface area contributed by atoms with Crippen LogP contribution in [0, 0.1) is 0 Å². The highest BCUT2D eigenvalue weighted by molar-refractivity contribution is 6.35. The molecule has 114 valence electrons. The van der Waals surface area contributed by atoms with Crippen LogP contribution < -0.4 is 5.32 Å². The lowest BCUT2D eigenvalue weighted by Gasteiger charge is -2.35. The second-order valence-electron chi connectivity index (χ2n) is 4.63. The fraction of sp³-hybridized carbons (Fsp3) is 0.538. The van der Waals surface area contributed by atoms with Crippen LogP contribution in [0.1, 0.15) is 18.0 Å². The molecule has 1 fully saturated rings. The third-order valence-corrected chi connectivity index (χ3v) is 3.93. The first-order chi connectivity index (χ1) is 9.13. The molecule has 0 saturated carbocycles. The molecule has 0 aliphatic carbocycles. The van der Waals surface area contributed by atoms with Gasteiger partial charge in [0, 0.05) is 49.4 Å². The number of rotatable bonds is 4. The molecule has 20 heavy (non-hydrogen) atoms. The molecule has 0 radical (unpaired) electrons. The topological polar surface area (TPSA) is 55.7 Å². The number of halogens is 3. The number of piperazine rings is 1. The van der Waals surface area contributed by atoms with E-state index < -0.39 is 0 Å². The van der Waals surface area contributed by atoms with Crippen molar-refractivity contribution < 1.29 is 10.2 Å². The van der Waals surface area contributed by atoms with Crippen LogP contribution in [-0.2, 0) is 0 Å². The number of phenols is 1. The average Bonchev–Trinajstić information content (AvgIpc) is 2.37. The SMILES string of the molecule is Cl.OCC[C@@H](c1c(O)cc(Cl)cc1Cl)N1CCNCC1. The maximum absolute atomic E-state index is 10.1. The van der Waals surface area contributed by atoms with E-state index in [0.29, 0.717) is 22.0 Å². The van der Waals surface area contributed by atoms with Crippen molar-refractivity contribution in [1.29, 1.82) is 0 Å². The van der Waals surface area contributed by atoms with E-state index >= 15 is 0 Å². The second kappa shape index (κ2) is 8.27. The van der Waals surface area contributed by atoms with Gasteiger partial charge in [0.25, 0.3) is 0 Å². The Morgan fingerprint density at radius 3 is 2.45 bits per heavy atom. The van der Waals surface area contributed by atoms with E-state index in [2.05, 4.69) is 10.2 Å². The number of aliphatic hydroxyl groups is 1. The van der Waals surface area contributed by atoms with Crippen LogP contribution in [0.25, 0.3) is 0 Å². The summed E-state index contributed by atoms with van der Waals surface area (Å²) in [5, 5.41) is 23.5. The zero-order chi connectivity index (χ0) is 13.8. The Morgan fingerprint density at radius 1 is 1.25 bits per heavy atom. The first-order valence-corrected chi connectivity index (χ1v) is 7.12. The molecule has 1 heterocycles. The van der Waals surface area contributed by atoms with Crippen molar-refractivity contribution in [2.75, 3.05) is 32.8 Å². The predicted octanol–water partition coefficient (Wildman–Crippen LogP) is 2.45. The van der Waals surface area contributed by atoms with Crippen molar-refractivity contribution in [3.63, 3.8) is 0 Å². The van der Waals surface area contributed by atoms with E-state index in [1.807, 2.05) is 0 Å². The van der Waals surface area contributed by atoms with Gasteiger partial charge in [-0.1, -0.05) is 23.2 Å². The molecule has 0 spiro atoms. The molecule has 0 aromatic heterocycles. The molecule has 1 aliphatic rings. The molecular weight excluding hydrogens is 323 g/mol. The molecule has 4 nitrogen and oxygen atoms in total. The molecule has 1 aromatic rings. The van der Waals surface area contributed by atoms with E-state index in [9.17, 15) is 10.2 Å². The number of phenolic OH excluding ortho intramolecular Hbond substituents is 1. The molecule has 0 unspecified atom stereocenters. The summed E-state index contributed by atoms with van der Waals surface area (Å²) >= 11 is 12.1. The second-order valence-corrected chi connectivity index (χ2v) is 5.48. The summed E-state index contributed by atoms with van der Waals surface area (Å²) in [6.45, 7) is 3.57. The summed E-state index contributed by atoms with van der Waals surface area (Å²) in [4.78, 5) is 2.22. The molecule has 1 aromatic carbocycles. The van der Waals surface area contributed by atoms with Gasteiger partial charge in [-0.05, 0) is 18.6 Å². The largest absolute Gasteiger partial charge is 0.508 e. The van der Waals surface area contributed by atoms with Gasteiger partial charge in [-0.3, -0.25) is 4.90 Å². The van der Waals surface area contributed by atoms with Crippen molar-refractivity contribution in [1.82, 2.24) is 10.2 Å². The lowest BCUT2D eigenvalue weighted by atomic mass is 10.00. The number of aromatic hydroxyl groups is 1. The number of hydrogen-bond acceptors (Lipinski definition) is 4. The van der Waals surface area contributed by atoms with Crippen molar-refractivity contribution in [2.24, 2.45) is 0 Å². The zero-order valence-electron chi connectivity index (χ0n) is 11.0. The van der Waals surface area contributed by atoms with Gasteiger partial charge in [-0.2, -0.15) is 0 Å². The van der Waals surface area contributed by atoms with Crippen molar-refractivity contribution in [3.8, 4) is 5.75 Å². The number of aliphatic hydroxyl groups excluding tert-OH is 1. The van der Waals surface area contributed by atoms with E-state index in [1.165, 1.54) is 6.07 Å². The van der Waals surface area contributed by atoms with Crippen molar-refractivity contribution in [2.45, 2.75) is 12.5 Å². The fourth-order valence-electron chi connectivity index (χ4n) is 2.53. The Balaban J connectivity index is 0.00000200. The number of hydrogen-bond donors (Lipinski definition) is 3. The lowest BCUT2D eigenvalue weighted by molar-refractivity contribution is 0.139. The summed E-state index contributed by atoms with van der Waals surface area (Å²) in [7, 11) is 0. The monoisotopic (exact) mass is 340 g/mol. The Morgan fingerprint density at radius 2 is 1.90 bits per heavy atom. The third kappa shape index (κ3) is 4.13. The summed E-state index contributed by atoms with van der Waals surface area (Å²) in [6.07, 6.45) is 0.537. The molecule has 0 amide bonds. The quantitative estimate of drug-likeness (QED) is 0.787. The minimum Gasteiger partial charge on any atom is -0.508 e. The molecule has 2 rings (SSSR count). The van der Waals surface area contributed by atoms with Gasteiger partial charge < -0.3 is 15.5 Å². The van der Waals surface area contributed by atoms with Gasteiger partial charge in [0.2, 0.25) is 0 Å². The average molecular weight is 342 g/mol. The highest BCUT2D eigenvalue weighted by Crippen LogP contribution is 2.38. The molecule has 1 aliphatic heterocycles. The van der Waals surface area contributed by atoms with Gasteiger partial charge in [-0.15, -0.1) is 12.4 Å². The van der Waals surface area contributed by atoms with Crippen LogP contribution in [-0.4, -0.2) is 47.9 Å². The smallest absolute Gasteiger partial charge is 0.123 e. The van der Waals surface area contributed by atoms with Gasteiger partial charge >= 0.3 is 0 Å². The number of nitrogens with one attached hydrogen (secondary N) is 1. The highest BCUT2D eigenvalue weighted by atomic mass is 35.5. The van der Waals surface area contributed by atoms with Crippen LogP contribution in [0.5, 0.6) is 5.75 Å². The zero-order valence-corrected chi connectivity index (χ0v) is 13.3. The number of benzene rings is 1. The standard InChI is InChI=1S/C13H18Cl2N2O2.ClH/c14-9-7-10(15)13(12(19)8-9)11(1-6-18)17-4-2-16-3-5-17;/h7-8,11,16,18-19H,1-6H2;1H/t11-;/m0./s1. The highest BCUT2D eigenvalue weighted by Gasteiger charge is 2.26. The number of nitrogens with zero attached hydrogens (tertiary/aromatic N) is 1. The van der Waals surface area contributed by atoms with E-state index in [0.717, 1.165) is 26.2 Å². The molecule has 1 atom stereocenters. The van der Waals surface area contributed by atoms with Crippen molar-refractivity contribution in [3.05, 3.63) is 27.7 Å². The molecule has 7 heteroatoms. The Hall–Kier alpha value is -0.230. The van der Waals surface area contributed by atoms with Gasteiger partial charge in [-0.25, -0.2) is 0 Å². The van der Waals surface area contributed by atoms with Crippen LogP contribution in [0.2, 0.25) is 10.0 Å². The normalized spacial score (nSPS) is 17.6. The van der Waals surface area contributed by atoms with Crippen molar-refractivity contribution >= 4 is 35.6 Å². The Labute approximate surface area is 135 Å². The molecule has 3 N–H and O–H groups in total. The third-order valence-electron chi connectivity index (χ3n) is 3.40. The molecular formula is C13H19Cl3N2O2. The fourth-order valence-corrected chi connectivity index (χ4v) is 3.14. The van der Waals surface area contributed by atoms with Gasteiger partial charge in [0.1, 0.15) is 5.75 Å². The Bertz CT molecular complexity index is 417. The van der Waals surface area contributed by atoms with Gasteiger partial charge in [0.15, 0.2) is 0 Å². The minimum atomic E-state index is -0.0862. The maximum Gasteiger partial charge on any atom is 0.123 e. The van der Waals surface area contributed by atoms with E-state index in [4.69, 9.17) is 23.2 Å².